The second kappa shape index (κ2) is 8.43. The lowest BCUT2D eigenvalue weighted by atomic mass is 9.87. The average molecular weight is 332 g/mol. The van der Waals surface area contributed by atoms with E-state index in [2.05, 4.69) is 61.0 Å². The standard InChI is InChI=1S/C20H32N2O2/c1-4-19-16(2)20(24-14-17-8-6-5-7-9-17)18(15-23-19)22-12-10-21(3)11-13-22/h5-9,16,18-20H,4,10-15H2,1-3H3/t16-,18+,19+,20-/m0/s1. The lowest BCUT2D eigenvalue weighted by molar-refractivity contribution is -0.164. The molecule has 24 heavy (non-hydrogen) atoms. The summed E-state index contributed by atoms with van der Waals surface area (Å²) >= 11 is 0. The zero-order valence-corrected chi connectivity index (χ0v) is 15.4. The molecular weight excluding hydrogens is 300 g/mol. The van der Waals surface area contributed by atoms with Crippen LogP contribution < -0.4 is 0 Å². The van der Waals surface area contributed by atoms with Gasteiger partial charge in [-0.2, -0.15) is 0 Å². The number of hydrogen-bond donors (Lipinski definition) is 0. The molecule has 0 unspecified atom stereocenters. The zero-order valence-electron chi connectivity index (χ0n) is 15.4. The van der Waals surface area contributed by atoms with Gasteiger partial charge >= 0.3 is 0 Å². The Kier molecular flexibility index (Phi) is 6.28. The van der Waals surface area contributed by atoms with Gasteiger partial charge in [-0.15, -0.1) is 0 Å². The molecule has 2 aliphatic rings. The Bertz CT molecular complexity index is 488. The summed E-state index contributed by atoms with van der Waals surface area (Å²) in [5, 5.41) is 0. The van der Waals surface area contributed by atoms with E-state index in [0.29, 0.717) is 24.7 Å². The van der Waals surface area contributed by atoms with Crippen molar-refractivity contribution in [2.24, 2.45) is 5.92 Å². The smallest absolute Gasteiger partial charge is 0.0807 e. The van der Waals surface area contributed by atoms with E-state index in [4.69, 9.17) is 9.47 Å². The van der Waals surface area contributed by atoms with Crippen LogP contribution in [-0.2, 0) is 16.1 Å². The van der Waals surface area contributed by atoms with E-state index in [0.717, 1.165) is 39.2 Å². The molecule has 4 heteroatoms. The number of hydrogen-bond acceptors (Lipinski definition) is 4. The van der Waals surface area contributed by atoms with Crippen LogP contribution in [0, 0.1) is 5.92 Å². The Labute approximate surface area is 146 Å². The van der Waals surface area contributed by atoms with Crippen LogP contribution in [0.4, 0.5) is 0 Å². The third-order valence-electron chi connectivity index (χ3n) is 5.66. The van der Waals surface area contributed by atoms with Gasteiger partial charge in [0.2, 0.25) is 0 Å². The Morgan fingerprint density at radius 3 is 2.50 bits per heavy atom. The van der Waals surface area contributed by atoms with Crippen LogP contribution >= 0.6 is 0 Å². The molecule has 2 heterocycles. The number of rotatable bonds is 5. The van der Waals surface area contributed by atoms with Crippen molar-refractivity contribution < 1.29 is 9.47 Å². The average Bonchev–Trinajstić information content (AvgIpc) is 2.62. The second-order valence-corrected chi connectivity index (χ2v) is 7.31. The molecule has 0 amide bonds. The normalized spacial score (nSPS) is 32.8. The summed E-state index contributed by atoms with van der Waals surface area (Å²) < 4.78 is 12.6. The van der Waals surface area contributed by atoms with Crippen LogP contribution in [0.3, 0.4) is 0 Å². The maximum atomic E-state index is 6.47. The van der Waals surface area contributed by atoms with Gasteiger partial charge in [0.15, 0.2) is 0 Å². The quantitative estimate of drug-likeness (QED) is 0.827. The predicted molar refractivity (Wildman–Crippen MR) is 97.1 cm³/mol. The second-order valence-electron chi connectivity index (χ2n) is 7.31. The van der Waals surface area contributed by atoms with Crippen LogP contribution in [0.15, 0.2) is 30.3 Å². The van der Waals surface area contributed by atoms with Gasteiger partial charge in [-0.25, -0.2) is 0 Å². The molecule has 1 aromatic rings. The van der Waals surface area contributed by atoms with Crippen LogP contribution in [0.2, 0.25) is 0 Å². The van der Waals surface area contributed by atoms with E-state index in [9.17, 15) is 0 Å². The Hall–Kier alpha value is -0.940. The highest BCUT2D eigenvalue weighted by molar-refractivity contribution is 5.13. The summed E-state index contributed by atoms with van der Waals surface area (Å²) in [5.74, 6) is 0.428. The largest absolute Gasteiger partial charge is 0.376 e. The van der Waals surface area contributed by atoms with Gasteiger partial charge in [0.25, 0.3) is 0 Å². The Balaban J connectivity index is 1.68. The fraction of sp³-hybridized carbons (Fsp3) is 0.700. The van der Waals surface area contributed by atoms with Crippen molar-refractivity contribution in [1.82, 2.24) is 9.80 Å². The minimum absolute atomic E-state index is 0.243. The third-order valence-corrected chi connectivity index (χ3v) is 5.66. The molecular formula is C20H32N2O2. The molecule has 0 aromatic heterocycles. The molecule has 0 bridgehead atoms. The van der Waals surface area contributed by atoms with Crippen LogP contribution in [0.1, 0.15) is 25.8 Å². The van der Waals surface area contributed by atoms with Crippen molar-refractivity contribution >= 4 is 0 Å². The van der Waals surface area contributed by atoms with Gasteiger partial charge in [-0.1, -0.05) is 44.2 Å². The summed E-state index contributed by atoms with van der Waals surface area (Å²) in [4.78, 5) is 4.98. The first kappa shape index (κ1) is 17.9. The zero-order chi connectivity index (χ0) is 16.9. The molecule has 4 nitrogen and oxygen atoms in total. The van der Waals surface area contributed by atoms with Gasteiger partial charge < -0.3 is 14.4 Å². The van der Waals surface area contributed by atoms with Crippen LogP contribution in [0.25, 0.3) is 0 Å². The van der Waals surface area contributed by atoms with Crippen molar-refractivity contribution in [3.63, 3.8) is 0 Å². The molecule has 0 aliphatic carbocycles. The van der Waals surface area contributed by atoms with Crippen molar-refractivity contribution in [1.29, 1.82) is 0 Å². The molecule has 0 spiro atoms. The van der Waals surface area contributed by atoms with Gasteiger partial charge in [-0.05, 0) is 19.0 Å². The number of likely N-dealkylation sites (N-methyl/N-ethyl adjacent to an activating group) is 1. The van der Waals surface area contributed by atoms with E-state index >= 15 is 0 Å². The Morgan fingerprint density at radius 2 is 1.83 bits per heavy atom. The van der Waals surface area contributed by atoms with E-state index in [1.54, 1.807) is 0 Å². The van der Waals surface area contributed by atoms with Gasteiger partial charge in [0, 0.05) is 32.1 Å². The summed E-state index contributed by atoms with van der Waals surface area (Å²) in [6.45, 7) is 10.5. The van der Waals surface area contributed by atoms with E-state index < -0.39 is 0 Å². The number of benzene rings is 1. The molecule has 0 saturated carbocycles. The maximum Gasteiger partial charge on any atom is 0.0807 e. The Morgan fingerprint density at radius 1 is 1.12 bits per heavy atom. The predicted octanol–water partition coefficient (Wildman–Crippen LogP) is 2.63. The van der Waals surface area contributed by atoms with E-state index in [-0.39, 0.29) is 6.10 Å². The summed E-state index contributed by atoms with van der Waals surface area (Å²) in [7, 11) is 2.20. The number of piperazine rings is 1. The van der Waals surface area contributed by atoms with Crippen LogP contribution in [0.5, 0.6) is 0 Å². The van der Waals surface area contributed by atoms with Crippen molar-refractivity contribution in [2.45, 2.75) is 45.1 Å². The highest BCUT2D eigenvalue weighted by Crippen LogP contribution is 2.30. The first-order valence-corrected chi connectivity index (χ1v) is 9.38. The molecule has 2 saturated heterocycles. The summed E-state index contributed by atoms with van der Waals surface area (Å²) in [6.07, 6.45) is 1.61. The van der Waals surface area contributed by atoms with E-state index in [1.165, 1.54) is 5.56 Å². The molecule has 0 N–H and O–H groups in total. The van der Waals surface area contributed by atoms with Crippen LogP contribution in [-0.4, -0.2) is 67.9 Å². The minimum atomic E-state index is 0.243. The monoisotopic (exact) mass is 332 g/mol. The molecule has 1 aromatic carbocycles. The third kappa shape index (κ3) is 4.17. The molecule has 0 radical (unpaired) electrons. The number of ether oxygens (including phenoxy) is 2. The van der Waals surface area contributed by atoms with E-state index in [1.807, 2.05) is 0 Å². The number of nitrogens with zero attached hydrogens (tertiary/aromatic N) is 2. The van der Waals surface area contributed by atoms with Crippen molar-refractivity contribution in [2.75, 3.05) is 39.8 Å². The molecule has 4 atom stereocenters. The molecule has 2 aliphatic heterocycles. The highest BCUT2D eigenvalue weighted by atomic mass is 16.5. The minimum Gasteiger partial charge on any atom is -0.376 e. The van der Waals surface area contributed by atoms with Gasteiger partial charge in [-0.3, -0.25) is 4.90 Å². The van der Waals surface area contributed by atoms with Crippen molar-refractivity contribution in [3.05, 3.63) is 35.9 Å². The first-order valence-electron chi connectivity index (χ1n) is 9.38. The van der Waals surface area contributed by atoms with Gasteiger partial charge in [0.1, 0.15) is 0 Å². The highest BCUT2D eigenvalue weighted by Gasteiger charge is 2.41. The SMILES string of the molecule is CC[C@H]1OC[C@@H](N2CCN(C)CC2)[C@@H](OCc2ccccc2)[C@H]1C. The first-order chi connectivity index (χ1) is 11.7. The van der Waals surface area contributed by atoms with Gasteiger partial charge in [0.05, 0.1) is 31.5 Å². The topological polar surface area (TPSA) is 24.9 Å². The lowest BCUT2D eigenvalue weighted by Crippen LogP contribution is -2.60. The molecule has 134 valence electrons. The summed E-state index contributed by atoms with van der Waals surface area (Å²) in [5.41, 5.74) is 1.25. The fourth-order valence-corrected chi connectivity index (χ4v) is 4.02. The van der Waals surface area contributed by atoms with Crippen molar-refractivity contribution in [3.8, 4) is 0 Å². The maximum absolute atomic E-state index is 6.47. The fourth-order valence-electron chi connectivity index (χ4n) is 4.02. The molecule has 2 fully saturated rings. The summed E-state index contributed by atoms with van der Waals surface area (Å²) in [6, 6.07) is 10.9. The lowest BCUT2D eigenvalue weighted by Gasteiger charge is -2.47. The molecule has 3 rings (SSSR count).